The second-order valence-electron chi connectivity index (χ2n) is 4.26. The summed E-state index contributed by atoms with van der Waals surface area (Å²) in [6.45, 7) is 3.83. The number of rotatable bonds is 1. The molecule has 0 atom stereocenters. The van der Waals surface area contributed by atoms with Crippen molar-refractivity contribution in [1.82, 2.24) is 24.6 Å². The number of amides is 1. The smallest absolute Gasteiger partial charge is 0.272 e. The molecule has 3 rings (SSSR count). The van der Waals surface area contributed by atoms with Crippen molar-refractivity contribution in [2.45, 2.75) is 20.0 Å². The zero-order valence-corrected chi connectivity index (χ0v) is 10.1. The average molecular weight is 243 g/mol. The number of fused-ring (bicyclic) bond motifs is 1. The second-order valence-corrected chi connectivity index (χ2v) is 4.26. The number of carbonyl (C=O) groups is 1. The first-order chi connectivity index (χ1) is 8.75. The number of pyridine rings is 1. The first-order valence-corrected chi connectivity index (χ1v) is 5.84. The van der Waals surface area contributed by atoms with Gasteiger partial charge in [-0.25, -0.2) is 0 Å². The molecule has 6 nitrogen and oxygen atoms in total. The summed E-state index contributed by atoms with van der Waals surface area (Å²) in [5, 5.41) is 8.11. The molecule has 0 radical (unpaired) electrons. The van der Waals surface area contributed by atoms with Crippen LogP contribution in [-0.2, 0) is 13.1 Å². The van der Waals surface area contributed by atoms with Crippen LogP contribution in [0.1, 0.15) is 22.1 Å². The number of nitrogens with zero attached hydrogens (tertiary/aromatic N) is 5. The Bertz CT molecular complexity index is 577. The lowest BCUT2D eigenvalue weighted by Crippen LogP contribution is -2.39. The zero-order valence-electron chi connectivity index (χ0n) is 10.1. The molecule has 0 aromatic carbocycles. The minimum atomic E-state index is -0.0532. The van der Waals surface area contributed by atoms with Gasteiger partial charge in [0, 0.05) is 19.3 Å². The van der Waals surface area contributed by atoms with E-state index in [9.17, 15) is 4.79 Å². The van der Waals surface area contributed by atoms with Gasteiger partial charge in [0.25, 0.3) is 5.91 Å². The molecule has 2 aromatic rings. The summed E-state index contributed by atoms with van der Waals surface area (Å²) < 4.78 is 2.04. The van der Waals surface area contributed by atoms with E-state index in [2.05, 4.69) is 15.2 Å². The van der Waals surface area contributed by atoms with E-state index in [1.807, 2.05) is 17.6 Å². The van der Waals surface area contributed by atoms with Crippen LogP contribution in [0.3, 0.4) is 0 Å². The Balaban J connectivity index is 1.82. The van der Waals surface area contributed by atoms with Crippen molar-refractivity contribution in [3.05, 3.63) is 41.7 Å². The molecule has 6 heteroatoms. The third-order valence-electron chi connectivity index (χ3n) is 3.11. The van der Waals surface area contributed by atoms with Gasteiger partial charge in [-0.3, -0.25) is 9.78 Å². The highest BCUT2D eigenvalue weighted by atomic mass is 16.2. The van der Waals surface area contributed by atoms with Crippen molar-refractivity contribution in [3.8, 4) is 0 Å². The van der Waals surface area contributed by atoms with E-state index in [4.69, 9.17) is 0 Å². The molecule has 0 unspecified atom stereocenters. The summed E-state index contributed by atoms with van der Waals surface area (Å²) >= 11 is 0. The van der Waals surface area contributed by atoms with E-state index < -0.39 is 0 Å². The molecule has 1 aliphatic heterocycles. The van der Waals surface area contributed by atoms with Crippen LogP contribution in [0.5, 0.6) is 0 Å². The van der Waals surface area contributed by atoms with Crippen molar-refractivity contribution >= 4 is 5.91 Å². The van der Waals surface area contributed by atoms with Gasteiger partial charge in [-0.2, -0.15) is 0 Å². The van der Waals surface area contributed by atoms with Crippen molar-refractivity contribution in [2.75, 3.05) is 6.54 Å². The van der Waals surface area contributed by atoms with Gasteiger partial charge in [-0.15, -0.1) is 10.2 Å². The molecular weight excluding hydrogens is 230 g/mol. The van der Waals surface area contributed by atoms with Crippen LogP contribution >= 0.6 is 0 Å². The fourth-order valence-corrected chi connectivity index (χ4v) is 2.13. The van der Waals surface area contributed by atoms with Gasteiger partial charge >= 0.3 is 0 Å². The highest BCUT2D eigenvalue weighted by Gasteiger charge is 2.24. The Hall–Kier alpha value is -2.24. The lowest BCUT2D eigenvalue weighted by atomic mass is 10.2. The number of hydrogen-bond acceptors (Lipinski definition) is 4. The Morgan fingerprint density at radius 2 is 2.17 bits per heavy atom. The van der Waals surface area contributed by atoms with E-state index in [0.717, 1.165) is 18.2 Å². The van der Waals surface area contributed by atoms with Gasteiger partial charge < -0.3 is 9.47 Å². The standard InChI is InChI=1S/C12H13N5O/c1-9-14-15-11-8-16(6-7-17(9)11)12(18)10-4-2-3-5-13-10/h2-5H,6-8H2,1H3. The molecule has 2 aromatic heterocycles. The normalized spacial score (nSPS) is 14.4. The first kappa shape index (κ1) is 10.9. The van der Waals surface area contributed by atoms with Crippen molar-refractivity contribution in [1.29, 1.82) is 0 Å². The largest absolute Gasteiger partial charge is 0.328 e. The van der Waals surface area contributed by atoms with E-state index in [-0.39, 0.29) is 5.91 Å². The summed E-state index contributed by atoms with van der Waals surface area (Å²) in [7, 11) is 0. The van der Waals surface area contributed by atoms with Gasteiger partial charge in [-0.05, 0) is 19.1 Å². The fourth-order valence-electron chi connectivity index (χ4n) is 2.13. The Morgan fingerprint density at radius 1 is 1.28 bits per heavy atom. The van der Waals surface area contributed by atoms with Crippen LogP contribution in [0.15, 0.2) is 24.4 Å². The van der Waals surface area contributed by atoms with Crippen molar-refractivity contribution in [3.63, 3.8) is 0 Å². The lowest BCUT2D eigenvalue weighted by Gasteiger charge is -2.27. The molecule has 18 heavy (non-hydrogen) atoms. The number of hydrogen-bond donors (Lipinski definition) is 0. The van der Waals surface area contributed by atoms with E-state index in [0.29, 0.717) is 18.8 Å². The minimum Gasteiger partial charge on any atom is -0.328 e. The molecule has 1 amide bonds. The number of aryl methyl sites for hydroxylation is 1. The summed E-state index contributed by atoms with van der Waals surface area (Å²) in [4.78, 5) is 18.1. The molecular formula is C12H13N5O. The topological polar surface area (TPSA) is 63.9 Å². The molecule has 3 heterocycles. The Morgan fingerprint density at radius 3 is 2.94 bits per heavy atom. The third-order valence-corrected chi connectivity index (χ3v) is 3.11. The monoisotopic (exact) mass is 243 g/mol. The molecule has 0 bridgehead atoms. The molecule has 0 N–H and O–H groups in total. The minimum absolute atomic E-state index is 0.0532. The Labute approximate surface area is 104 Å². The van der Waals surface area contributed by atoms with Crippen molar-refractivity contribution < 1.29 is 4.79 Å². The highest BCUT2D eigenvalue weighted by Crippen LogP contribution is 2.13. The maximum atomic E-state index is 12.2. The summed E-state index contributed by atoms with van der Waals surface area (Å²) in [6, 6.07) is 5.34. The predicted octanol–water partition coefficient (Wildman–Crippen LogP) is 0.638. The summed E-state index contributed by atoms with van der Waals surface area (Å²) in [5.74, 6) is 1.68. The molecule has 0 saturated heterocycles. The number of aromatic nitrogens is 4. The van der Waals surface area contributed by atoms with Crippen molar-refractivity contribution in [2.24, 2.45) is 0 Å². The third kappa shape index (κ3) is 1.75. The van der Waals surface area contributed by atoms with Gasteiger partial charge in [-0.1, -0.05) is 6.07 Å². The van der Waals surface area contributed by atoms with Crippen LogP contribution < -0.4 is 0 Å². The van der Waals surface area contributed by atoms with Crippen LogP contribution in [0.25, 0.3) is 0 Å². The summed E-state index contributed by atoms with van der Waals surface area (Å²) in [6.07, 6.45) is 1.63. The summed E-state index contributed by atoms with van der Waals surface area (Å²) in [5.41, 5.74) is 0.474. The molecule has 92 valence electrons. The SMILES string of the molecule is Cc1nnc2n1CCN(C(=O)c1ccccn1)C2. The second kappa shape index (κ2) is 4.21. The van der Waals surface area contributed by atoms with Crippen LogP contribution in [0.2, 0.25) is 0 Å². The quantitative estimate of drug-likeness (QED) is 0.737. The average Bonchev–Trinajstić information content (AvgIpc) is 2.80. The molecule has 0 saturated carbocycles. The molecule has 0 spiro atoms. The van der Waals surface area contributed by atoms with Crippen LogP contribution in [-0.4, -0.2) is 37.1 Å². The van der Waals surface area contributed by atoms with E-state index >= 15 is 0 Å². The molecule has 1 aliphatic rings. The zero-order chi connectivity index (χ0) is 12.5. The first-order valence-electron chi connectivity index (χ1n) is 5.84. The van der Waals surface area contributed by atoms with Gasteiger partial charge in [0.15, 0.2) is 5.82 Å². The predicted molar refractivity (Wildman–Crippen MR) is 63.7 cm³/mol. The van der Waals surface area contributed by atoms with Gasteiger partial charge in [0.05, 0.1) is 6.54 Å². The molecule has 0 aliphatic carbocycles. The van der Waals surface area contributed by atoms with E-state index in [1.54, 1.807) is 23.2 Å². The fraction of sp³-hybridized carbons (Fsp3) is 0.333. The van der Waals surface area contributed by atoms with E-state index in [1.165, 1.54) is 0 Å². The van der Waals surface area contributed by atoms with Gasteiger partial charge in [0.2, 0.25) is 0 Å². The maximum absolute atomic E-state index is 12.2. The highest BCUT2D eigenvalue weighted by molar-refractivity contribution is 5.92. The lowest BCUT2D eigenvalue weighted by molar-refractivity contribution is 0.0700. The van der Waals surface area contributed by atoms with Crippen LogP contribution in [0, 0.1) is 6.92 Å². The Kier molecular flexibility index (Phi) is 2.55. The molecule has 0 fully saturated rings. The number of carbonyl (C=O) groups excluding carboxylic acids is 1. The van der Waals surface area contributed by atoms with Crippen LogP contribution in [0.4, 0.5) is 0 Å². The maximum Gasteiger partial charge on any atom is 0.272 e. The van der Waals surface area contributed by atoms with Gasteiger partial charge in [0.1, 0.15) is 11.5 Å².